The highest BCUT2D eigenvalue weighted by atomic mass is 19.4. The van der Waals surface area contributed by atoms with Crippen LogP contribution in [0.5, 0.6) is 0 Å². The molecule has 0 aliphatic heterocycles. The first-order valence-electron chi connectivity index (χ1n) is 7.15. The van der Waals surface area contributed by atoms with Gasteiger partial charge >= 0.3 is 12.1 Å². The number of hydrogen-bond donors (Lipinski definition) is 1. The van der Waals surface area contributed by atoms with E-state index < -0.39 is 34.7 Å². The number of hydrogen-bond acceptors (Lipinski definition) is 2. The lowest BCUT2D eigenvalue weighted by Gasteiger charge is -2.13. The Hall–Kier alpha value is -2.23. The van der Waals surface area contributed by atoms with Crippen molar-refractivity contribution in [3.8, 4) is 12.3 Å². The van der Waals surface area contributed by atoms with E-state index in [1.54, 1.807) is 6.07 Å². The Bertz CT molecular complexity index is 721. The highest BCUT2D eigenvalue weighted by Crippen LogP contribution is 2.71. The summed E-state index contributed by atoms with van der Waals surface area (Å²) in [5.41, 5.74) is -2.62. The summed E-state index contributed by atoms with van der Waals surface area (Å²) in [6.07, 6.45) is 0.459. The summed E-state index contributed by atoms with van der Waals surface area (Å²) in [4.78, 5) is 11.8. The Morgan fingerprint density at radius 1 is 1.42 bits per heavy atom. The van der Waals surface area contributed by atoms with Crippen LogP contribution in [0.2, 0.25) is 0 Å². The van der Waals surface area contributed by atoms with Gasteiger partial charge in [-0.05, 0) is 23.6 Å². The summed E-state index contributed by atoms with van der Waals surface area (Å²) in [5, 5.41) is 9.59. The van der Waals surface area contributed by atoms with Gasteiger partial charge in [0.05, 0.1) is 11.8 Å². The molecule has 1 fully saturated rings. The van der Waals surface area contributed by atoms with Crippen LogP contribution in [0, 0.1) is 29.1 Å². The minimum Gasteiger partial charge on any atom is -0.481 e. The lowest BCUT2D eigenvalue weighted by molar-refractivity contribution is -0.145. The lowest BCUT2D eigenvalue weighted by Crippen LogP contribution is -2.24. The Morgan fingerprint density at radius 3 is 2.50 bits per heavy atom. The molecular formula is C17H16F4O3. The molecule has 0 bridgehead atoms. The molecule has 130 valence electrons. The first kappa shape index (κ1) is 18.1. The number of carboxylic acids is 1. The van der Waals surface area contributed by atoms with Gasteiger partial charge in [-0.1, -0.05) is 19.8 Å². The molecule has 1 aliphatic carbocycles. The SMILES string of the molecule is C#CCc1ccc(CC2(C(=O)O)C(C=C(F)C(F)(F)F)C2(C)C)o1. The molecule has 0 amide bonds. The van der Waals surface area contributed by atoms with Gasteiger partial charge in [-0.2, -0.15) is 13.2 Å². The molecule has 1 heterocycles. The Labute approximate surface area is 136 Å². The van der Waals surface area contributed by atoms with Crippen LogP contribution in [-0.2, 0) is 17.6 Å². The van der Waals surface area contributed by atoms with Crippen molar-refractivity contribution in [2.75, 3.05) is 0 Å². The molecule has 24 heavy (non-hydrogen) atoms. The van der Waals surface area contributed by atoms with Crippen LogP contribution < -0.4 is 0 Å². The van der Waals surface area contributed by atoms with E-state index in [9.17, 15) is 27.5 Å². The van der Waals surface area contributed by atoms with Gasteiger partial charge < -0.3 is 9.52 Å². The number of terminal acetylenes is 1. The summed E-state index contributed by atoms with van der Waals surface area (Å²) >= 11 is 0. The van der Waals surface area contributed by atoms with E-state index >= 15 is 0 Å². The van der Waals surface area contributed by atoms with E-state index in [1.165, 1.54) is 19.9 Å². The zero-order chi connectivity index (χ0) is 18.3. The van der Waals surface area contributed by atoms with E-state index in [-0.39, 0.29) is 12.8 Å². The average Bonchev–Trinajstić information content (AvgIpc) is 2.75. The van der Waals surface area contributed by atoms with Crippen molar-refractivity contribution >= 4 is 5.97 Å². The summed E-state index contributed by atoms with van der Waals surface area (Å²) in [6.45, 7) is 2.99. The maximum Gasteiger partial charge on any atom is 0.442 e. The van der Waals surface area contributed by atoms with Crippen LogP contribution in [0.15, 0.2) is 28.5 Å². The Kier molecular flexibility index (Phi) is 4.29. The number of furan rings is 1. The third-order valence-electron chi connectivity index (χ3n) is 4.79. The van der Waals surface area contributed by atoms with Crippen molar-refractivity contribution in [2.45, 2.75) is 32.9 Å². The molecule has 2 atom stereocenters. The topological polar surface area (TPSA) is 50.4 Å². The monoisotopic (exact) mass is 344 g/mol. The number of aliphatic carboxylic acids is 1. The van der Waals surface area contributed by atoms with Gasteiger partial charge in [0.1, 0.15) is 11.5 Å². The molecule has 0 radical (unpaired) electrons. The highest BCUT2D eigenvalue weighted by Gasteiger charge is 2.75. The number of rotatable bonds is 5. The molecule has 1 aromatic heterocycles. The van der Waals surface area contributed by atoms with E-state index in [2.05, 4.69) is 5.92 Å². The van der Waals surface area contributed by atoms with Crippen LogP contribution >= 0.6 is 0 Å². The second-order valence-electron chi connectivity index (χ2n) is 6.41. The Balaban J connectivity index is 2.34. The number of alkyl halides is 3. The second kappa shape index (κ2) is 5.69. The molecule has 0 spiro atoms. The standard InChI is InChI=1S/C17H16F4O3/c1-4-5-10-6-7-11(24-10)9-16(14(22)23)12(15(16,2)3)8-13(18)17(19,20)21/h1,6-8,12H,5,9H2,2-3H3,(H,22,23). The zero-order valence-electron chi connectivity index (χ0n) is 13.1. The van der Waals surface area contributed by atoms with Crippen LogP contribution in [0.3, 0.4) is 0 Å². The van der Waals surface area contributed by atoms with Crippen molar-refractivity contribution in [2.24, 2.45) is 16.7 Å². The third-order valence-corrected chi connectivity index (χ3v) is 4.79. The number of carboxylic acid groups (broad SMARTS) is 1. The fraction of sp³-hybridized carbons (Fsp3) is 0.471. The normalized spacial score (nSPS) is 26.0. The maximum atomic E-state index is 13.3. The summed E-state index contributed by atoms with van der Waals surface area (Å²) in [5.74, 6) is -1.56. The van der Waals surface area contributed by atoms with E-state index in [0.717, 1.165) is 0 Å². The van der Waals surface area contributed by atoms with Gasteiger partial charge in [0.15, 0.2) is 5.83 Å². The van der Waals surface area contributed by atoms with Gasteiger partial charge in [0.2, 0.25) is 0 Å². The highest BCUT2D eigenvalue weighted by molar-refractivity contribution is 5.82. The summed E-state index contributed by atoms with van der Waals surface area (Å²) in [7, 11) is 0. The molecule has 1 aliphatic rings. The molecule has 1 aromatic rings. The maximum absolute atomic E-state index is 13.3. The van der Waals surface area contributed by atoms with Crippen LogP contribution in [-0.4, -0.2) is 17.3 Å². The van der Waals surface area contributed by atoms with Crippen molar-refractivity contribution < 1.29 is 31.9 Å². The first-order valence-corrected chi connectivity index (χ1v) is 7.15. The molecular weight excluding hydrogens is 328 g/mol. The number of allylic oxidation sites excluding steroid dienone is 2. The van der Waals surface area contributed by atoms with E-state index in [4.69, 9.17) is 10.8 Å². The molecule has 0 saturated heterocycles. The fourth-order valence-corrected chi connectivity index (χ4v) is 3.30. The molecule has 2 unspecified atom stereocenters. The van der Waals surface area contributed by atoms with Crippen molar-refractivity contribution in [1.82, 2.24) is 0 Å². The van der Waals surface area contributed by atoms with Gasteiger partial charge in [-0.25, -0.2) is 4.39 Å². The van der Waals surface area contributed by atoms with Crippen molar-refractivity contribution in [1.29, 1.82) is 0 Å². The first-order chi connectivity index (χ1) is 11.0. The fourth-order valence-electron chi connectivity index (χ4n) is 3.30. The van der Waals surface area contributed by atoms with Crippen LogP contribution in [0.1, 0.15) is 25.4 Å². The summed E-state index contributed by atoms with van der Waals surface area (Å²) in [6, 6.07) is 3.12. The summed E-state index contributed by atoms with van der Waals surface area (Å²) < 4.78 is 56.0. The predicted molar refractivity (Wildman–Crippen MR) is 77.5 cm³/mol. The van der Waals surface area contributed by atoms with E-state index in [1.807, 2.05) is 0 Å². The molecule has 0 aromatic carbocycles. The van der Waals surface area contributed by atoms with Crippen molar-refractivity contribution in [3.05, 3.63) is 35.6 Å². The van der Waals surface area contributed by atoms with Crippen molar-refractivity contribution in [3.63, 3.8) is 0 Å². The number of carbonyl (C=O) groups is 1. The van der Waals surface area contributed by atoms with Crippen LogP contribution in [0.25, 0.3) is 0 Å². The van der Waals surface area contributed by atoms with Gasteiger partial charge in [-0.3, -0.25) is 4.79 Å². The minimum atomic E-state index is -5.13. The molecule has 3 nitrogen and oxygen atoms in total. The van der Waals surface area contributed by atoms with Gasteiger partial charge in [0, 0.05) is 12.3 Å². The zero-order valence-corrected chi connectivity index (χ0v) is 13.1. The van der Waals surface area contributed by atoms with Gasteiger partial charge in [0.25, 0.3) is 0 Å². The van der Waals surface area contributed by atoms with E-state index in [0.29, 0.717) is 17.6 Å². The smallest absolute Gasteiger partial charge is 0.442 e. The average molecular weight is 344 g/mol. The predicted octanol–water partition coefficient (Wildman–Crippen LogP) is 4.14. The number of halogens is 4. The quantitative estimate of drug-likeness (QED) is 0.645. The van der Waals surface area contributed by atoms with Gasteiger partial charge in [-0.15, -0.1) is 6.42 Å². The van der Waals surface area contributed by atoms with Crippen LogP contribution in [0.4, 0.5) is 17.6 Å². The Morgan fingerprint density at radius 2 is 2.00 bits per heavy atom. The molecule has 1 saturated carbocycles. The second-order valence-corrected chi connectivity index (χ2v) is 6.41. The largest absolute Gasteiger partial charge is 0.481 e. The molecule has 2 rings (SSSR count). The lowest BCUT2D eigenvalue weighted by atomic mass is 9.91. The molecule has 1 N–H and O–H groups in total. The minimum absolute atomic E-state index is 0.147. The molecule has 7 heteroatoms. The third kappa shape index (κ3) is 2.81.